The second-order valence-corrected chi connectivity index (χ2v) is 5.66. The zero-order valence-corrected chi connectivity index (χ0v) is 12.1. The van der Waals surface area contributed by atoms with Gasteiger partial charge in [-0.1, -0.05) is 6.92 Å². The quantitative estimate of drug-likeness (QED) is 0.830. The molecule has 1 aliphatic carbocycles. The predicted molar refractivity (Wildman–Crippen MR) is 76.9 cm³/mol. The first-order valence-corrected chi connectivity index (χ1v) is 7.59. The number of aromatic nitrogens is 3. The Labute approximate surface area is 119 Å². The zero-order valence-electron chi connectivity index (χ0n) is 11.3. The van der Waals surface area contributed by atoms with Gasteiger partial charge in [-0.15, -0.1) is 0 Å². The molecule has 0 radical (unpaired) electrons. The molecule has 2 aliphatic rings. The van der Waals surface area contributed by atoms with E-state index in [4.69, 9.17) is 11.6 Å². The average Bonchev–Trinajstić information content (AvgIpc) is 3.08. The van der Waals surface area contributed by atoms with E-state index in [1.807, 2.05) is 0 Å². The Morgan fingerprint density at radius 3 is 2.58 bits per heavy atom. The molecule has 5 nitrogen and oxygen atoms in total. The number of hydrogen-bond acceptors (Lipinski definition) is 5. The second-order valence-electron chi connectivity index (χ2n) is 5.32. The minimum atomic E-state index is 0.314. The molecule has 0 bridgehead atoms. The van der Waals surface area contributed by atoms with Crippen LogP contribution in [-0.4, -0.2) is 40.6 Å². The summed E-state index contributed by atoms with van der Waals surface area (Å²) in [4.78, 5) is 17.7. The van der Waals surface area contributed by atoms with Crippen LogP contribution in [0.2, 0.25) is 5.28 Å². The van der Waals surface area contributed by atoms with Gasteiger partial charge in [-0.05, 0) is 43.7 Å². The lowest BCUT2D eigenvalue weighted by Crippen LogP contribution is -2.30. The van der Waals surface area contributed by atoms with Gasteiger partial charge in [-0.2, -0.15) is 15.0 Å². The van der Waals surface area contributed by atoms with E-state index < -0.39 is 0 Å². The standard InChI is InChI=1S/C13H20ClN5/c1-2-7-19(10-5-6-10)13-16-11(14)15-12(17-13)18-8-3-4-9-18/h10H,2-9H2,1H3. The van der Waals surface area contributed by atoms with Crippen LogP contribution >= 0.6 is 11.6 Å². The SMILES string of the molecule is CCCN(c1nc(Cl)nc(N2CCCC2)n1)C1CC1. The summed E-state index contributed by atoms with van der Waals surface area (Å²) in [6, 6.07) is 0.602. The van der Waals surface area contributed by atoms with Crippen LogP contribution in [0, 0.1) is 0 Å². The summed E-state index contributed by atoms with van der Waals surface area (Å²) in [5.74, 6) is 1.50. The molecule has 1 aromatic rings. The van der Waals surface area contributed by atoms with Crippen molar-refractivity contribution in [3.05, 3.63) is 5.28 Å². The van der Waals surface area contributed by atoms with Crippen molar-refractivity contribution in [1.29, 1.82) is 0 Å². The van der Waals surface area contributed by atoms with E-state index in [9.17, 15) is 0 Å². The van der Waals surface area contributed by atoms with Gasteiger partial charge in [0.15, 0.2) is 0 Å². The van der Waals surface area contributed by atoms with E-state index in [0.717, 1.165) is 38.0 Å². The first-order valence-electron chi connectivity index (χ1n) is 7.21. The highest BCUT2D eigenvalue weighted by molar-refractivity contribution is 6.28. The highest BCUT2D eigenvalue weighted by Crippen LogP contribution is 2.31. The molecular formula is C13H20ClN5. The summed E-state index contributed by atoms with van der Waals surface area (Å²) in [7, 11) is 0. The zero-order chi connectivity index (χ0) is 13.2. The lowest BCUT2D eigenvalue weighted by Gasteiger charge is -2.23. The first kappa shape index (κ1) is 12.9. The highest BCUT2D eigenvalue weighted by Gasteiger charge is 2.31. The molecule has 0 atom stereocenters. The van der Waals surface area contributed by atoms with Crippen LogP contribution in [0.15, 0.2) is 0 Å². The van der Waals surface area contributed by atoms with Crippen LogP contribution in [0.25, 0.3) is 0 Å². The van der Waals surface area contributed by atoms with Crippen LogP contribution in [0.4, 0.5) is 11.9 Å². The van der Waals surface area contributed by atoms with Gasteiger partial charge in [0.25, 0.3) is 0 Å². The van der Waals surface area contributed by atoms with E-state index in [2.05, 4.69) is 31.7 Å². The second kappa shape index (κ2) is 5.49. The number of halogens is 1. The summed E-state index contributed by atoms with van der Waals surface area (Å²) >= 11 is 6.08. The van der Waals surface area contributed by atoms with E-state index in [1.54, 1.807) is 0 Å². The van der Waals surface area contributed by atoms with Gasteiger partial charge >= 0.3 is 0 Å². The largest absolute Gasteiger partial charge is 0.341 e. The molecule has 2 heterocycles. The Kier molecular flexibility index (Phi) is 3.73. The monoisotopic (exact) mass is 281 g/mol. The summed E-state index contributed by atoms with van der Waals surface area (Å²) in [6.45, 7) is 5.22. The average molecular weight is 282 g/mol. The van der Waals surface area contributed by atoms with Crippen LogP contribution in [-0.2, 0) is 0 Å². The molecule has 2 fully saturated rings. The Hall–Kier alpha value is -1.10. The summed E-state index contributed by atoms with van der Waals surface area (Å²) in [5.41, 5.74) is 0. The van der Waals surface area contributed by atoms with Gasteiger partial charge in [-0.25, -0.2) is 0 Å². The van der Waals surface area contributed by atoms with Gasteiger partial charge < -0.3 is 9.80 Å². The Balaban J connectivity index is 1.86. The molecule has 0 N–H and O–H groups in total. The van der Waals surface area contributed by atoms with Gasteiger partial charge in [0, 0.05) is 25.7 Å². The van der Waals surface area contributed by atoms with Crippen molar-refractivity contribution in [3.63, 3.8) is 0 Å². The Bertz CT molecular complexity index is 443. The number of nitrogens with zero attached hydrogens (tertiary/aromatic N) is 5. The van der Waals surface area contributed by atoms with Gasteiger partial charge in [0.2, 0.25) is 17.2 Å². The van der Waals surface area contributed by atoms with Crippen molar-refractivity contribution >= 4 is 23.5 Å². The summed E-state index contributed by atoms with van der Waals surface area (Å²) in [6.07, 6.45) is 5.99. The fourth-order valence-electron chi connectivity index (χ4n) is 2.59. The molecule has 1 aliphatic heterocycles. The van der Waals surface area contributed by atoms with Crippen molar-refractivity contribution in [2.45, 2.75) is 45.1 Å². The van der Waals surface area contributed by atoms with Crippen LogP contribution < -0.4 is 9.80 Å². The Morgan fingerprint density at radius 2 is 1.95 bits per heavy atom. The molecule has 3 rings (SSSR count). The molecule has 0 spiro atoms. The topological polar surface area (TPSA) is 45.2 Å². The number of anilines is 2. The lowest BCUT2D eigenvalue weighted by molar-refractivity contribution is 0.726. The minimum Gasteiger partial charge on any atom is -0.341 e. The van der Waals surface area contributed by atoms with E-state index in [0.29, 0.717) is 11.3 Å². The van der Waals surface area contributed by atoms with Crippen LogP contribution in [0.3, 0.4) is 0 Å². The molecule has 1 saturated heterocycles. The van der Waals surface area contributed by atoms with Gasteiger partial charge in [0.1, 0.15) is 0 Å². The predicted octanol–water partition coefficient (Wildman–Crippen LogP) is 2.50. The molecular weight excluding hydrogens is 262 g/mol. The maximum Gasteiger partial charge on any atom is 0.231 e. The van der Waals surface area contributed by atoms with Crippen LogP contribution in [0.1, 0.15) is 39.0 Å². The van der Waals surface area contributed by atoms with E-state index in [-0.39, 0.29) is 0 Å². The molecule has 104 valence electrons. The van der Waals surface area contributed by atoms with Crippen molar-refractivity contribution in [2.24, 2.45) is 0 Å². The maximum atomic E-state index is 6.08. The number of rotatable bonds is 5. The minimum absolute atomic E-state index is 0.314. The first-order chi connectivity index (χ1) is 9.28. The summed E-state index contributed by atoms with van der Waals surface area (Å²) < 4.78 is 0. The maximum absolute atomic E-state index is 6.08. The van der Waals surface area contributed by atoms with Gasteiger partial charge in [0.05, 0.1) is 0 Å². The fraction of sp³-hybridized carbons (Fsp3) is 0.769. The highest BCUT2D eigenvalue weighted by atomic mass is 35.5. The van der Waals surface area contributed by atoms with Crippen molar-refractivity contribution < 1.29 is 0 Å². The Morgan fingerprint density at radius 1 is 1.21 bits per heavy atom. The third kappa shape index (κ3) is 2.91. The van der Waals surface area contributed by atoms with Crippen molar-refractivity contribution in [2.75, 3.05) is 29.4 Å². The third-order valence-corrected chi connectivity index (χ3v) is 3.85. The van der Waals surface area contributed by atoms with Gasteiger partial charge in [-0.3, -0.25) is 0 Å². The normalized spacial score (nSPS) is 18.9. The van der Waals surface area contributed by atoms with Crippen molar-refractivity contribution in [1.82, 2.24) is 15.0 Å². The molecule has 0 unspecified atom stereocenters. The molecule has 0 amide bonds. The number of hydrogen-bond donors (Lipinski definition) is 0. The van der Waals surface area contributed by atoms with Crippen molar-refractivity contribution in [3.8, 4) is 0 Å². The molecule has 6 heteroatoms. The van der Waals surface area contributed by atoms with Crippen LogP contribution in [0.5, 0.6) is 0 Å². The van der Waals surface area contributed by atoms with E-state index in [1.165, 1.54) is 25.7 Å². The smallest absolute Gasteiger partial charge is 0.231 e. The van der Waals surface area contributed by atoms with E-state index >= 15 is 0 Å². The fourth-order valence-corrected chi connectivity index (χ4v) is 2.74. The molecule has 0 aromatic carbocycles. The third-order valence-electron chi connectivity index (χ3n) is 3.68. The molecule has 1 aromatic heterocycles. The molecule has 1 saturated carbocycles. The molecule has 19 heavy (non-hydrogen) atoms. The summed E-state index contributed by atoms with van der Waals surface area (Å²) in [5, 5.41) is 0.314. The lowest BCUT2D eigenvalue weighted by atomic mass is 10.4.